The average molecular weight is 625 g/mol. The highest BCUT2D eigenvalue weighted by Crippen LogP contribution is 2.34. The second-order valence-corrected chi connectivity index (χ2v) is 12.6. The molecule has 0 heterocycles. The van der Waals surface area contributed by atoms with Gasteiger partial charge in [-0.25, -0.2) is 8.42 Å². The number of carbonyl (C=O) groups is 2. The lowest BCUT2D eigenvalue weighted by Crippen LogP contribution is -2.54. The van der Waals surface area contributed by atoms with E-state index in [1.165, 1.54) is 17.0 Å². The minimum absolute atomic E-state index is 0.000804. The lowest BCUT2D eigenvalue weighted by Gasteiger charge is -2.34. The number of hydrogen-bond donors (Lipinski definition) is 1. The first kappa shape index (κ1) is 31.7. The van der Waals surface area contributed by atoms with Crippen LogP contribution in [0.3, 0.4) is 0 Å². The molecule has 2 atom stereocenters. The van der Waals surface area contributed by atoms with Crippen molar-refractivity contribution >= 4 is 62.3 Å². The van der Waals surface area contributed by atoms with E-state index in [0.29, 0.717) is 17.0 Å². The molecule has 0 aliphatic rings. The predicted molar refractivity (Wildman–Crippen MR) is 162 cm³/mol. The Morgan fingerprint density at radius 1 is 0.925 bits per heavy atom. The van der Waals surface area contributed by atoms with E-state index in [2.05, 4.69) is 5.32 Å². The monoisotopic (exact) mass is 623 g/mol. The summed E-state index contributed by atoms with van der Waals surface area (Å²) in [5, 5.41) is 3.60. The van der Waals surface area contributed by atoms with Crippen molar-refractivity contribution in [1.29, 1.82) is 0 Å². The second-order valence-electron chi connectivity index (χ2n) is 9.52. The Morgan fingerprint density at radius 3 is 2.20 bits per heavy atom. The van der Waals surface area contributed by atoms with Crippen molar-refractivity contribution in [3.05, 3.63) is 99.0 Å². The van der Waals surface area contributed by atoms with Crippen molar-refractivity contribution < 1.29 is 18.0 Å². The van der Waals surface area contributed by atoms with Crippen LogP contribution in [-0.4, -0.2) is 50.0 Å². The van der Waals surface area contributed by atoms with Crippen LogP contribution in [0.15, 0.2) is 72.8 Å². The highest BCUT2D eigenvalue weighted by molar-refractivity contribution is 7.92. The third-order valence-corrected chi connectivity index (χ3v) is 8.56. The Labute approximate surface area is 251 Å². The van der Waals surface area contributed by atoms with Gasteiger partial charge in [-0.15, -0.1) is 0 Å². The zero-order valence-corrected chi connectivity index (χ0v) is 25.6. The van der Waals surface area contributed by atoms with Gasteiger partial charge in [0.05, 0.1) is 22.0 Å². The summed E-state index contributed by atoms with van der Waals surface area (Å²) in [7, 11) is -3.97. The zero-order valence-electron chi connectivity index (χ0n) is 22.5. The summed E-state index contributed by atoms with van der Waals surface area (Å²) in [5.41, 5.74) is 1.59. The van der Waals surface area contributed by atoms with E-state index in [-0.39, 0.29) is 40.6 Å². The molecule has 3 aromatic carbocycles. The summed E-state index contributed by atoms with van der Waals surface area (Å²) in [6.07, 6.45) is 1.89. The van der Waals surface area contributed by atoms with E-state index in [0.717, 1.165) is 16.1 Å². The number of carbonyl (C=O) groups excluding carboxylic acids is 2. The first-order valence-electron chi connectivity index (χ1n) is 12.7. The van der Waals surface area contributed by atoms with Crippen molar-refractivity contribution in [2.45, 2.75) is 45.3 Å². The summed E-state index contributed by atoms with van der Waals surface area (Å²) >= 11 is 18.7. The number of halogens is 3. The van der Waals surface area contributed by atoms with Gasteiger partial charge < -0.3 is 10.2 Å². The molecule has 11 heteroatoms. The van der Waals surface area contributed by atoms with Crippen molar-refractivity contribution in [2.75, 3.05) is 17.1 Å². The largest absolute Gasteiger partial charge is 0.352 e. The molecular weight excluding hydrogens is 593 g/mol. The highest BCUT2D eigenvalue weighted by atomic mass is 35.5. The van der Waals surface area contributed by atoms with Crippen LogP contribution in [0.2, 0.25) is 15.1 Å². The molecule has 0 radical (unpaired) electrons. The molecule has 0 aliphatic heterocycles. The van der Waals surface area contributed by atoms with Gasteiger partial charge in [-0.1, -0.05) is 90.3 Å². The second kappa shape index (κ2) is 14.2. The number of anilines is 1. The molecule has 1 N–H and O–H groups in total. The molecule has 0 saturated heterocycles. The van der Waals surface area contributed by atoms with Gasteiger partial charge in [0.15, 0.2) is 0 Å². The lowest BCUT2D eigenvalue weighted by molar-refractivity contribution is -0.140. The van der Waals surface area contributed by atoms with Gasteiger partial charge in [0.25, 0.3) is 0 Å². The molecule has 0 aliphatic carbocycles. The van der Waals surface area contributed by atoms with E-state index in [1.807, 2.05) is 44.2 Å². The smallest absolute Gasteiger partial charge is 0.244 e. The minimum Gasteiger partial charge on any atom is -0.352 e. The highest BCUT2D eigenvalue weighted by Gasteiger charge is 2.34. The summed E-state index contributed by atoms with van der Waals surface area (Å²) in [4.78, 5) is 29.1. The fourth-order valence-electron chi connectivity index (χ4n) is 4.11. The quantitative estimate of drug-likeness (QED) is 0.269. The molecule has 3 rings (SSSR count). The number of hydrogen-bond acceptors (Lipinski definition) is 4. The Morgan fingerprint density at radius 2 is 1.57 bits per heavy atom. The SMILES string of the molecule is CC[C@H](C)NC(=O)[C@@H](Cc1ccccc1)N(Cc1cccc(Cl)c1)C(=O)CN(c1cccc(Cl)c1Cl)S(C)(=O)=O. The Kier molecular flexibility index (Phi) is 11.3. The van der Waals surface area contributed by atoms with Gasteiger partial charge in [0.2, 0.25) is 21.8 Å². The summed E-state index contributed by atoms with van der Waals surface area (Å²) < 4.78 is 26.7. The Balaban J connectivity index is 2.09. The molecule has 0 aromatic heterocycles. The Bertz CT molecular complexity index is 1440. The number of nitrogens with zero attached hydrogens (tertiary/aromatic N) is 2. The van der Waals surface area contributed by atoms with Crippen LogP contribution in [0.25, 0.3) is 0 Å². The third-order valence-electron chi connectivity index (χ3n) is 6.39. The summed E-state index contributed by atoms with van der Waals surface area (Å²) in [5.74, 6) is -0.943. The molecule has 2 amide bonds. The molecule has 7 nitrogen and oxygen atoms in total. The normalized spacial score (nSPS) is 12.8. The summed E-state index contributed by atoms with van der Waals surface area (Å²) in [6.45, 7) is 3.25. The van der Waals surface area contributed by atoms with E-state index in [4.69, 9.17) is 34.8 Å². The zero-order chi connectivity index (χ0) is 29.4. The third kappa shape index (κ3) is 8.61. The van der Waals surface area contributed by atoms with Crippen molar-refractivity contribution in [3.8, 4) is 0 Å². The van der Waals surface area contributed by atoms with Crippen LogP contribution < -0.4 is 9.62 Å². The maximum Gasteiger partial charge on any atom is 0.244 e. The molecule has 0 bridgehead atoms. The molecule has 0 unspecified atom stereocenters. The fraction of sp³-hybridized carbons (Fsp3) is 0.310. The molecule has 0 spiro atoms. The first-order valence-corrected chi connectivity index (χ1v) is 15.7. The maximum absolute atomic E-state index is 14.1. The fourth-order valence-corrected chi connectivity index (χ4v) is 5.62. The van der Waals surface area contributed by atoms with E-state index in [9.17, 15) is 18.0 Å². The van der Waals surface area contributed by atoms with Crippen molar-refractivity contribution in [3.63, 3.8) is 0 Å². The van der Waals surface area contributed by atoms with Crippen LogP contribution in [0.5, 0.6) is 0 Å². The molecule has 3 aromatic rings. The standard InChI is InChI=1S/C29H32Cl3N3O4S/c1-4-20(2)33-29(37)26(17-21-10-6-5-7-11-21)34(18-22-12-8-13-23(30)16-22)27(36)19-35(40(3,38)39)25-15-9-14-24(31)28(25)32/h5-16,20,26H,4,17-19H2,1-3H3,(H,33,37)/t20-,26+/m0/s1. The van der Waals surface area contributed by atoms with E-state index in [1.54, 1.807) is 30.3 Å². The lowest BCUT2D eigenvalue weighted by atomic mass is 10.0. The molecular formula is C29H32Cl3N3O4S. The van der Waals surface area contributed by atoms with Crippen LogP contribution in [0.1, 0.15) is 31.4 Å². The number of amides is 2. The van der Waals surface area contributed by atoms with E-state index >= 15 is 0 Å². The molecule has 0 fully saturated rings. The van der Waals surface area contributed by atoms with Gasteiger partial charge >= 0.3 is 0 Å². The van der Waals surface area contributed by atoms with Gasteiger partial charge in [0, 0.05) is 24.0 Å². The number of rotatable bonds is 12. The van der Waals surface area contributed by atoms with Crippen LogP contribution in [0, 0.1) is 0 Å². The first-order chi connectivity index (χ1) is 18.9. The molecule has 40 heavy (non-hydrogen) atoms. The van der Waals surface area contributed by atoms with Gasteiger partial charge in [0.1, 0.15) is 12.6 Å². The van der Waals surface area contributed by atoms with Crippen molar-refractivity contribution in [1.82, 2.24) is 10.2 Å². The van der Waals surface area contributed by atoms with Gasteiger partial charge in [-0.2, -0.15) is 0 Å². The Hall–Kier alpha value is -2.78. The predicted octanol–water partition coefficient (Wildman–Crippen LogP) is 5.97. The number of benzene rings is 3. The average Bonchev–Trinajstić information content (AvgIpc) is 2.90. The maximum atomic E-state index is 14.1. The van der Waals surface area contributed by atoms with Crippen LogP contribution in [-0.2, 0) is 32.6 Å². The van der Waals surface area contributed by atoms with E-state index < -0.39 is 28.5 Å². The van der Waals surface area contributed by atoms with Crippen LogP contribution >= 0.6 is 34.8 Å². The van der Waals surface area contributed by atoms with Crippen LogP contribution in [0.4, 0.5) is 5.69 Å². The number of nitrogens with one attached hydrogen (secondary N) is 1. The number of sulfonamides is 1. The van der Waals surface area contributed by atoms with Gasteiger partial charge in [-0.05, 0) is 48.7 Å². The van der Waals surface area contributed by atoms with Crippen molar-refractivity contribution in [2.24, 2.45) is 0 Å². The topological polar surface area (TPSA) is 86.8 Å². The van der Waals surface area contributed by atoms with Gasteiger partial charge in [-0.3, -0.25) is 13.9 Å². The molecule has 214 valence electrons. The molecule has 0 saturated carbocycles. The minimum atomic E-state index is -3.97. The summed E-state index contributed by atoms with van der Waals surface area (Å²) in [6, 6.07) is 19.8.